The fourth-order valence-corrected chi connectivity index (χ4v) is 3.59. The van der Waals surface area contributed by atoms with Crippen LogP contribution in [-0.4, -0.2) is 30.6 Å². The Bertz CT molecular complexity index is 237. The van der Waals surface area contributed by atoms with Crippen LogP contribution in [0.25, 0.3) is 0 Å². The molecule has 2 aliphatic rings. The first-order chi connectivity index (χ1) is 7.60. The Labute approximate surface area is 101 Å². The molecule has 2 fully saturated rings. The zero-order valence-electron chi connectivity index (χ0n) is 11.2. The summed E-state index contributed by atoms with van der Waals surface area (Å²) in [5.74, 6) is 2.55. The number of likely N-dealkylation sites (N-methyl/N-ethyl adjacent to an activating group) is 1. The van der Waals surface area contributed by atoms with Gasteiger partial charge in [0.1, 0.15) is 0 Å². The van der Waals surface area contributed by atoms with Gasteiger partial charge in [0, 0.05) is 18.6 Å². The summed E-state index contributed by atoms with van der Waals surface area (Å²) < 4.78 is 0. The molecule has 2 rings (SSSR count). The molecule has 94 valence electrons. The first-order valence-corrected chi connectivity index (χ1v) is 7.01. The van der Waals surface area contributed by atoms with Gasteiger partial charge in [-0.25, -0.2) is 0 Å². The second-order valence-corrected chi connectivity index (χ2v) is 6.29. The van der Waals surface area contributed by atoms with Crippen molar-refractivity contribution in [2.24, 2.45) is 23.5 Å². The Morgan fingerprint density at radius 3 is 2.50 bits per heavy atom. The number of hydrogen-bond acceptors (Lipinski definition) is 2. The van der Waals surface area contributed by atoms with E-state index in [1.807, 2.05) is 0 Å². The Morgan fingerprint density at radius 1 is 1.25 bits per heavy atom. The molecule has 0 bridgehead atoms. The average molecular weight is 224 g/mol. The zero-order chi connectivity index (χ0) is 11.8. The molecule has 3 atom stereocenters. The molecule has 0 aromatic heterocycles. The van der Waals surface area contributed by atoms with Crippen LogP contribution in [0, 0.1) is 17.8 Å². The zero-order valence-corrected chi connectivity index (χ0v) is 11.2. The quantitative estimate of drug-likeness (QED) is 0.795. The summed E-state index contributed by atoms with van der Waals surface area (Å²) in [5, 5.41) is 0. The third-order valence-corrected chi connectivity index (χ3v) is 5.31. The molecule has 2 saturated carbocycles. The molecule has 0 radical (unpaired) electrons. The first kappa shape index (κ1) is 12.4. The van der Waals surface area contributed by atoms with Crippen LogP contribution in [0.2, 0.25) is 0 Å². The van der Waals surface area contributed by atoms with E-state index >= 15 is 0 Å². The molecule has 2 aliphatic carbocycles. The maximum atomic E-state index is 6.15. The van der Waals surface area contributed by atoms with Crippen LogP contribution >= 0.6 is 0 Å². The number of nitrogens with two attached hydrogens (primary N) is 1. The van der Waals surface area contributed by atoms with E-state index in [1.54, 1.807) is 0 Å². The average Bonchev–Trinajstić information content (AvgIpc) is 3.06. The standard InChI is InChI=1S/C14H28N2/c1-11-5-4-8-14(10-15,12(11)2)16(3)9-13-6-7-13/h11-13H,4-10,15H2,1-3H3. The van der Waals surface area contributed by atoms with Gasteiger partial charge in [0.15, 0.2) is 0 Å². The highest BCUT2D eigenvalue weighted by atomic mass is 15.2. The summed E-state index contributed by atoms with van der Waals surface area (Å²) in [6, 6.07) is 0. The van der Waals surface area contributed by atoms with Crippen molar-refractivity contribution in [3.05, 3.63) is 0 Å². The molecule has 0 aromatic rings. The topological polar surface area (TPSA) is 29.3 Å². The van der Waals surface area contributed by atoms with Gasteiger partial charge in [-0.1, -0.05) is 26.7 Å². The van der Waals surface area contributed by atoms with Crippen molar-refractivity contribution in [2.75, 3.05) is 20.1 Å². The fourth-order valence-electron chi connectivity index (χ4n) is 3.59. The summed E-state index contributed by atoms with van der Waals surface area (Å²) >= 11 is 0. The van der Waals surface area contributed by atoms with E-state index in [9.17, 15) is 0 Å². The first-order valence-electron chi connectivity index (χ1n) is 7.01. The maximum Gasteiger partial charge on any atom is 0.0356 e. The van der Waals surface area contributed by atoms with E-state index in [-0.39, 0.29) is 0 Å². The van der Waals surface area contributed by atoms with Gasteiger partial charge in [-0.05, 0) is 44.1 Å². The fraction of sp³-hybridized carbons (Fsp3) is 1.00. The SMILES string of the molecule is CC1CCCC(CN)(N(C)CC2CC2)C1C. The third-order valence-electron chi connectivity index (χ3n) is 5.31. The molecular formula is C14H28N2. The van der Waals surface area contributed by atoms with E-state index in [0.717, 1.165) is 24.3 Å². The van der Waals surface area contributed by atoms with Gasteiger partial charge in [-0.3, -0.25) is 4.90 Å². The molecule has 0 aromatic carbocycles. The lowest BCUT2D eigenvalue weighted by molar-refractivity contribution is 0.00389. The molecule has 0 heterocycles. The molecule has 0 spiro atoms. The van der Waals surface area contributed by atoms with Crippen molar-refractivity contribution in [3.63, 3.8) is 0 Å². The largest absolute Gasteiger partial charge is 0.329 e. The van der Waals surface area contributed by atoms with Crippen molar-refractivity contribution < 1.29 is 0 Å². The van der Waals surface area contributed by atoms with Crippen molar-refractivity contribution in [1.82, 2.24) is 4.90 Å². The Hall–Kier alpha value is -0.0800. The molecule has 16 heavy (non-hydrogen) atoms. The Morgan fingerprint density at radius 2 is 1.94 bits per heavy atom. The number of hydrogen-bond donors (Lipinski definition) is 1. The highest BCUT2D eigenvalue weighted by molar-refractivity contribution is 5.00. The van der Waals surface area contributed by atoms with Gasteiger partial charge in [-0.2, -0.15) is 0 Å². The normalized spacial score (nSPS) is 40.3. The van der Waals surface area contributed by atoms with Gasteiger partial charge in [-0.15, -0.1) is 0 Å². The van der Waals surface area contributed by atoms with E-state index in [4.69, 9.17) is 5.73 Å². The predicted molar refractivity (Wildman–Crippen MR) is 69.3 cm³/mol. The van der Waals surface area contributed by atoms with Crippen molar-refractivity contribution in [3.8, 4) is 0 Å². The summed E-state index contributed by atoms with van der Waals surface area (Å²) in [7, 11) is 2.31. The number of rotatable bonds is 4. The van der Waals surface area contributed by atoms with E-state index in [2.05, 4.69) is 25.8 Å². The lowest BCUT2D eigenvalue weighted by atomic mass is 9.67. The maximum absolute atomic E-state index is 6.15. The molecule has 0 amide bonds. The number of nitrogens with zero attached hydrogens (tertiary/aromatic N) is 1. The van der Waals surface area contributed by atoms with Crippen molar-refractivity contribution >= 4 is 0 Å². The molecule has 2 nitrogen and oxygen atoms in total. The minimum absolute atomic E-state index is 0.292. The summed E-state index contributed by atoms with van der Waals surface area (Å²) in [6.07, 6.45) is 6.93. The van der Waals surface area contributed by atoms with Gasteiger partial charge >= 0.3 is 0 Å². The third kappa shape index (κ3) is 2.14. The van der Waals surface area contributed by atoms with E-state index in [1.165, 1.54) is 38.6 Å². The minimum atomic E-state index is 0.292. The summed E-state index contributed by atoms with van der Waals surface area (Å²) in [6.45, 7) is 6.93. The van der Waals surface area contributed by atoms with Crippen LogP contribution < -0.4 is 5.73 Å². The minimum Gasteiger partial charge on any atom is -0.329 e. The monoisotopic (exact) mass is 224 g/mol. The van der Waals surface area contributed by atoms with Crippen molar-refractivity contribution in [1.29, 1.82) is 0 Å². The van der Waals surface area contributed by atoms with Gasteiger partial charge in [0.25, 0.3) is 0 Å². The van der Waals surface area contributed by atoms with Crippen LogP contribution in [0.15, 0.2) is 0 Å². The Kier molecular flexibility index (Phi) is 3.60. The van der Waals surface area contributed by atoms with Gasteiger partial charge in [0.05, 0.1) is 0 Å². The summed E-state index contributed by atoms with van der Waals surface area (Å²) in [4.78, 5) is 2.60. The van der Waals surface area contributed by atoms with Crippen molar-refractivity contribution in [2.45, 2.75) is 51.5 Å². The molecule has 0 aliphatic heterocycles. The van der Waals surface area contributed by atoms with E-state index < -0.39 is 0 Å². The predicted octanol–water partition coefficient (Wildman–Crippen LogP) is 2.48. The highest BCUT2D eigenvalue weighted by Crippen LogP contribution is 2.42. The molecule has 2 N–H and O–H groups in total. The van der Waals surface area contributed by atoms with Crippen LogP contribution in [0.3, 0.4) is 0 Å². The van der Waals surface area contributed by atoms with Crippen LogP contribution in [0.1, 0.15) is 46.0 Å². The highest BCUT2D eigenvalue weighted by Gasteiger charge is 2.44. The van der Waals surface area contributed by atoms with Crippen LogP contribution in [-0.2, 0) is 0 Å². The second-order valence-electron chi connectivity index (χ2n) is 6.29. The lowest BCUT2D eigenvalue weighted by Gasteiger charge is -2.51. The second kappa shape index (κ2) is 4.66. The van der Waals surface area contributed by atoms with Gasteiger partial charge < -0.3 is 5.73 Å². The molecule has 3 unspecified atom stereocenters. The summed E-state index contributed by atoms with van der Waals surface area (Å²) in [5.41, 5.74) is 6.44. The van der Waals surface area contributed by atoms with Crippen LogP contribution in [0.5, 0.6) is 0 Å². The molecular weight excluding hydrogens is 196 g/mol. The molecule has 0 saturated heterocycles. The molecule has 2 heteroatoms. The lowest BCUT2D eigenvalue weighted by Crippen LogP contribution is -2.60. The van der Waals surface area contributed by atoms with Crippen LogP contribution in [0.4, 0.5) is 0 Å². The Balaban J connectivity index is 2.08. The smallest absolute Gasteiger partial charge is 0.0356 e. The van der Waals surface area contributed by atoms with E-state index in [0.29, 0.717) is 5.54 Å². The van der Waals surface area contributed by atoms with Gasteiger partial charge in [0.2, 0.25) is 0 Å².